The molecule has 0 spiro atoms. The molecule has 2 rings (SSSR count). The molecule has 0 saturated heterocycles. The minimum absolute atomic E-state index is 0.0692. The fourth-order valence-corrected chi connectivity index (χ4v) is 3.01. The van der Waals surface area contributed by atoms with E-state index in [1.807, 2.05) is 0 Å². The summed E-state index contributed by atoms with van der Waals surface area (Å²) in [5.74, 6) is -0.587. The Labute approximate surface area is 121 Å². The molecule has 0 aliphatic rings. The molecule has 2 aromatic carbocycles. The highest BCUT2D eigenvalue weighted by atomic mass is 35.5. The van der Waals surface area contributed by atoms with Crippen LogP contribution in [0.1, 0.15) is 5.56 Å². The molecule has 0 aliphatic heterocycles. The van der Waals surface area contributed by atoms with Gasteiger partial charge in [-0.1, -0.05) is 23.7 Å². The van der Waals surface area contributed by atoms with Crippen LogP contribution in [-0.2, 0) is 16.6 Å². The molecule has 0 saturated carbocycles. The summed E-state index contributed by atoms with van der Waals surface area (Å²) in [5.41, 5.74) is 6.09. The Morgan fingerprint density at radius 1 is 1.20 bits per heavy atom. The Kier molecular flexibility index (Phi) is 4.27. The van der Waals surface area contributed by atoms with Gasteiger partial charge in [0.05, 0.1) is 5.69 Å². The van der Waals surface area contributed by atoms with E-state index in [1.165, 1.54) is 0 Å². The Bertz CT molecular complexity index is 735. The third kappa shape index (κ3) is 3.47. The molecular weight excluding hydrogens is 303 g/mol. The van der Waals surface area contributed by atoms with Crippen LogP contribution in [-0.4, -0.2) is 8.42 Å². The first-order valence-electron chi connectivity index (χ1n) is 5.67. The number of halogens is 2. The molecule has 7 heteroatoms. The van der Waals surface area contributed by atoms with Gasteiger partial charge in [-0.05, 0) is 35.9 Å². The third-order valence-electron chi connectivity index (χ3n) is 2.62. The van der Waals surface area contributed by atoms with Crippen molar-refractivity contribution in [1.29, 1.82) is 0 Å². The van der Waals surface area contributed by atoms with Gasteiger partial charge in [0.25, 0.3) is 0 Å². The van der Waals surface area contributed by atoms with Crippen molar-refractivity contribution in [1.82, 2.24) is 4.72 Å². The number of hydrogen-bond donors (Lipinski definition) is 2. The van der Waals surface area contributed by atoms with Gasteiger partial charge < -0.3 is 5.73 Å². The van der Waals surface area contributed by atoms with Crippen LogP contribution in [0.5, 0.6) is 0 Å². The summed E-state index contributed by atoms with van der Waals surface area (Å²) in [4.78, 5) is -0.152. The topological polar surface area (TPSA) is 72.2 Å². The standard InChI is InChI=1S/C13H12ClFN2O2S/c14-10-3-1-2-9(6-10)8-17-20(18,19)13-5-4-11(15)7-12(13)16/h1-7,17H,8,16H2. The van der Waals surface area contributed by atoms with Crippen molar-refractivity contribution >= 4 is 27.3 Å². The van der Waals surface area contributed by atoms with Crippen LogP contribution < -0.4 is 10.5 Å². The van der Waals surface area contributed by atoms with Crippen LogP contribution >= 0.6 is 11.6 Å². The summed E-state index contributed by atoms with van der Waals surface area (Å²) in [5, 5.41) is 0.517. The number of sulfonamides is 1. The third-order valence-corrected chi connectivity index (χ3v) is 4.33. The number of nitrogens with one attached hydrogen (secondary N) is 1. The molecule has 0 aliphatic carbocycles. The maximum atomic E-state index is 12.9. The summed E-state index contributed by atoms with van der Waals surface area (Å²) in [7, 11) is -3.80. The monoisotopic (exact) mass is 314 g/mol. The van der Waals surface area contributed by atoms with Gasteiger partial charge in [0.2, 0.25) is 10.0 Å². The van der Waals surface area contributed by atoms with Gasteiger partial charge in [0, 0.05) is 11.6 Å². The van der Waals surface area contributed by atoms with E-state index in [9.17, 15) is 12.8 Å². The second kappa shape index (κ2) is 5.78. The zero-order valence-corrected chi connectivity index (χ0v) is 11.9. The second-order valence-corrected chi connectivity index (χ2v) is 6.31. The van der Waals surface area contributed by atoms with E-state index in [2.05, 4.69) is 4.72 Å². The van der Waals surface area contributed by atoms with E-state index in [0.29, 0.717) is 10.6 Å². The van der Waals surface area contributed by atoms with E-state index < -0.39 is 15.8 Å². The van der Waals surface area contributed by atoms with Crippen molar-refractivity contribution < 1.29 is 12.8 Å². The van der Waals surface area contributed by atoms with Gasteiger partial charge in [0.15, 0.2) is 0 Å². The summed E-state index contributed by atoms with van der Waals surface area (Å²) >= 11 is 5.82. The summed E-state index contributed by atoms with van der Waals surface area (Å²) < 4.78 is 39.5. The fraction of sp³-hybridized carbons (Fsp3) is 0.0769. The van der Waals surface area contributed by atoms with Crippen molar-refractivity contribution in [3.05, 3.63) is 58.9 Å². The first kappa shape index (κ1) is 14.8. The molecule has 0 amide bonds. The van der Waals surface area contributed by atoms with Gasteiger partial charge in [-0.2, -0.15) is 0 Å². The predicted octanol–water partition coefficient (Wildman–Crippen LogP) is 2.54. The number of anilines is 1. The maximum Gasteiger partial charge on any atom is 0.242 e. The maximum absolute atomic E-state index is 12.9. The Balaban J connectivity index is 2.19. The van der Waals surface area contributed by atoms with E-state index >= 15 is 0 Å². The Morgan fingerprint density at radius 3 is 2.60 bits per heavy atom. The zero-order valence-electron chi connectivity index (χ0n) is 10.3. The van der Waals surface area contributed by atoms with Crippen LogP contribution in [0.4, 0.5) is 10.1 Å². The van der Waals surface area contributed by atoms with Crippen molar-refractivity contribution in [2.75, 3.05) is 5.73 Å². The Morgan fingerprint density at radius 2 is 1.95 bits per heavy atom. The lowest BCUT2D eigenvalue weighted by Gasteiger charge is -2.09. The van der Waals surface area contributed by atoms with Crippen LogP contribution in [0, 0.1) is 5.82 Å². The lowest BCUT2D eigenvalue weighted by atomic mass is 10.2. The molecule has 0 aromatic heterocycles. The van der Waals surface area contributed by atoms with E-state index in [0.717, 1.165) is 18.2 Å². The normalized spacial score (nSPS) is 11.5. The highest BCUT2D eigenvalue weighted by molar-refractivity contribution is 7.89. The van der Waals surface area contributed by atoms with E-state index in [-0.39, 0.29) is 17.1 Å². The SMILES string of the molecule is Nc1cc(F)ccc1S(=O)(=O)NCc1cccc(Cl)c1. The molecule has 0 heterocycles. The van der Waals surface area contributed by atoms with E-state index in [4.69, 9.17) is 17.3 Å². The smallest absolute Gasteiger partial charge is 0.242 e. The minimum atomic E-state index is -3.80. The first-order chi connectivity index (χ1) is 9.38. The highest BCUT2D eigenvalue weighted by Crippen LogP contribution is 2.19. The first-order valence-corrected chi connectivity index (χ1v) is 7.54. The van der Waals surface area contributed by atoms with Gasteiger partial charge in [-0.3, -0.25) is 0 Å². The molecule has 0 atom stereocenters. The number of rotatable bonds is 4. The van der Waals surface area contributed by atoms with Gasteiger partial charge in [-0.15, -0.1) is 0 Å². The van der Waals surface area contributed by atoms with Gasteiger partial charge >= 0.3 is 0 Å². The number of hydrogen-bond acceptors (Lipinski definition) is 3. The molecule has 2 aromatic rings. The predicted molar refractivity (Wildman–Crippen MR) is 76.3 cm³/mol. The van der Waals surface area contributed by atoms with E-state index in [1.54, 1.807) is 24.3 Å². The molecule has 4 nitrogen and oxygen atoms in total. The van der Waals surface area contributed by atoms with Gasteiger partial charge in [0.1, 0.15) is 10.7 Å². The Hall–Kier alpha value is -1.63. The van der Waals surface area contributed by atoms with Crippen LogP contribution in [0.2, 0.25) is 5.02 Å². The lowest BCUT2D eigenvalue weighted by Crippen LogP contribution is -2.24. The molecule has 106 valence electrons. The van der Waals surface area contributed by atoms with Crippen molar-refractivity contribution in [2.45, 2.75) is 11.4 Å². The van der Waals surface area contributed by atoms with Crippen molar-refractivity contribution in [3.63, 3.8) is 0 Å². The largest absolute Gasteiger partial charge is 0.398 e. The zero-order chi connectivity index (χ0) is 14.8. The van der Waals surface area contributed by atoms with Crippen molar-refractivity contribution in [3.8, 4) is 0 Å². The quantitative estimate of drug-likeness (QED) is 0.852. The summed E-state index contributed by atoms with van der Waals surface area (Å²) in [6.45, 7) is 0.0692. The number of nitrogens with two attached hydrogens (primary N) is 1. The fourth-order valence-electron chi connectivity index (χ4n) is 1.67. The molecule has 0 unspecified atom stereocenters. The van der Waals surface area contributed by atoms with Crippen molar-refractivity contribution in [2.24, 2.45) is 0 Å². The average molecular weight is 315 g/mol. The molecule has 0 radical (unpaired) electrons. The summed E-state index contributed by atoms with van der Waals surface area (Å²) in [6.07, 6.45) is 0. The van der Waals surface area contributed by atoms with Crippen LogP contribution in [0.25, 0.3) is 0 Å². The van der Waals surface area contributed by atoms with Crippen LogP contribution in [0.3, 0.4) is 0 Å². The number of nitrogen functional groups attached to an aromatic ring is 1. The molecule has 0 fully saturated rings. The molecular formula is C13H12ClFN2O2S. The highest BCUT2D eigenvalue weighted by Gasteiger charge is 2.17. The molecule has 3 N–H and O–H groups in total. The van der Waals surface area contributed by atoms with Gasteiger partial charge in [-0.25, -0.2) is 17.5 Å². The molecule has 20 heavy (non-hydrogen) atoms. The minimum Gasteiger partial charge on any atom is -0.398 e. The molecule has 0 bridgehead atoms. The van der Waals surface area contributed by atoms with Crippen LogP contribution in [0.15, 0.2) is 47.4 Å². The lowest BCUT2D eigenvalue weighted by molar-refractivity contribution is 0.581. The number of benzene rings is 2. The average Bonchev–Trinajstić information content (AvgIpc) is 2.36. The second-order valence-electron chi connectivity index (χ2n) is 4.14. The summed E-state index contributed by atoms with van der Waals surface area (Å²) in [6, 6.07) is 9.94.